The third-order valence-corrected chi connectivity index (χ3v) is 5.06. The van der Waals surface area contributed by atoms with Gasteiger partial charge in [-0.3, -0.25) is 4.79 Å². The smallest absolute Gasteiger partial charge is 0.230 e. The van der Waals surface area contributed by atoms with Crippen molar-refractivity contribution < 1.29 is 14.3 Å². The molecule has 1 aliphatic carbocycles. The van der Waals surface area contributed by atoms with Crippen molar-refractivity contribution in [1.82, 2.24) is 25.5 Å². The average Bonchev–Trinajstić information content (AvgIpc) is 3.37. The maximum Gasteiger partial charge on any atom is 0.230 e. The third-order valence-electron chi connectivity index (χ3n) is 4.13. The molecule has 1 N–H and O–H groups in total. The van der Waals surface area contributed by atoms with Gasteiger partial charge in [0.15, 0.2) is 11.5 Å². The second kappa shape index (κ2) is 6.91. The van der Waals surface area contributed by atoms with Gasteiger partial charge in [0, 0.05) is 0 Å². The summed E-state index contributed by atoms with van der Waals surface area (Å²) < 4.78 is 12.9. The third kappa shape index (κ3) is 3.71. The number of rotatable bonds is 6. The van der Waals surface area contributed by atoms with Gasteiger partial charge in [0.05, 0.1) is 17.8 Å². The van der Waals surface area contributed by atoms with Gasteiger partial charge in [-0.25, -0.2) is 4.68 Å². The number of hydrogen-bond acceptors (Lipinski definition) is 7. The number of fused-ring (bicyclic) bond motifs is 1. The number of hydrogen-bond donors (Lipinski definition) is 1. The van der Waals surface area contributed by atoms with E-state index in [9.17, 15) is 4.79 Å². The van der Waals surface area contributed by atoms with Crippen molar-refractivity contribution >= 4 is 17.7 Å². The number of benzene rings is 1. The predicted octanol–water partition coefficient (Wildman–Crippen LogP) is 1.75. The molecule has 2 aromatic rings. The number of nitrogens with one attached hydrogen (secondary N) is 1. The van der Waals surface area contributed by atoms with E-state index in [0.717, 1.165) is 29.9 Å². The van der Waals surface area contributed by atoms with Gasteiger partial charge in [0.1, 0.15) is 13.2 Å². The number of carbonyl (C=O) groups excluding carboxylic acids is 1. The van der Waals surface area contributed by atoms with Crippen LogP contribution in [0.15, 0.2) is 23.4 Å². The van der Waals surface area contributed by atoms with E-state index in [1.807, 2.05) is 29.8 Å². The number of thioether (sulfide) groups is 1. The SMILES string of the molecule is C[C@@H](NC(=O)CSc1nnnn1C1CC1)c1ccc2c(c1)OCCO2. The molecular formula is C16H19N5O3S. The van der Waals surface area contributed by atoms with Crippen LogP contribution in [-0.2, 0) is 4.79 Å². The van der Waals surface area contributed by atoms with Crippen molar-refractivity contribution in [1.29, 1.82) is 0 Å². The molecule has 1 atom stereocenters. The van der Waals surface area contributed by atoms with E-state index in [-0.39, 0.29) is 17.7 Å². The standard InChI is InChI=1S/C16H19N5O3S/c1-10(11-2-5-13-14(8-11)24-7-6-23-13)17-15(22)9-25-16-18-19-20-21(16)12-3-4-12/h2,5,8,10,12H,3-4,6-7,9H2,1H3,(H,17,22)/t10-/m1/s1. The Kier molecular flexibility index (Phi) is 4.48. The minimum Gasteiger partial charge on any atom is -0.486 e. The Bertz CT molecular complexity index is 777. The highest BCUT2D eigenvalue weighted by atomic mass is 32.2. The van der Waals surface area contributed by atoms with E-state index in [4.69, 9.17) is 9.47 Å². The Hall–Kier alpha value is -2.29. The monoisotopic (exact) mass is 361 g/mol. The second-order valence-electron chi connectivity index (χ2n) is 6.12. The van der Waals surface area contributed by atoms with E-state index < -0.39 is 0 Å². The summed E-state index contributed by atoms with van der Waals surface area (Å²) >= 11 is 1.36. The van der Waals surface area contributed by atoms with Gasteiger partial charge in [-0.1, -0.05) is 17.8 Å². The summed E-state index contributed by atoms with van der Waals surface area (Å²) in [7, 11) is 0. The quantitative estimate of drug-likeness (QED) is 0.784. The Morgan fingerprint density at radius 1 is 1.36 bits per heavy atom. The number of nitrogens with zero attached hydrogens (tertiary/aromatic N) is 4. The van der Waals surface area contributed by atoms with E-state index in [2.05, 4.69) is 20.8 Å². The maximum absolute atomic E-state index is 12.2. The van der Waals surface area contributed by atoms with Crippen LogP contribution in [-0.4, -0.2) is 45.1 Å². The van der Waals surface area contributed by atoms with Crippen molar-refractivity contribution in [2.45, 2.75) is 37.0 Å². The van der Waals surface area contributed by atoms with Crippen molar-refractivity contribution in [3.63, 3.8) is 0 Å². The van der Waals surface area contributed by atoms with Crippen LogP contribution in [0.2, 0.25) is 0 Å². The summed E-state index contributed by atoms with van der Waals surface area (Å²) in [6.07, 6.45) is 2.21. The molecule has 132 valence electrons. The fraction of sp³-hybridized carbons (Fsp3) is 0.500. The Labute approximate surface area is 149 Å². The molecule has 1 aliphatic heterocycles. The van der Waals surface area contributed by atoms with Gasteiger partial charge < -0.3 is 14.8 Å². The van der Waals surface area contributed by atoms with Gasteiger partial charge >= 0.3 is 0 Å². The van der Waals surface area contributed by atoms with Crippen LogP contribution in [0.5, 0.6) is 11.5 Å². The molecule has 2 heterocycles. The van der Waals surface area contributed by atoms with Crippen LogP contribution in [0.4, 0.5) is 0 Å². The minimum atomic E-state index is -0.122. The van der Waals surface area contributed by atoms with Crippen LogP contribution >= 0.6 is 11.8 Å². The molecule has 4 rings (SSSR count). The molecule has 25 heavy (non-hydrogen) atoms. The van der Waals surface area contributed by atoms with Crippen molar-refractivity contribution in [2.75, 3.05) is 19.0 Å². The second-order valence-corrected chi connectivity index (χ2v) is 7.06. The molecule has 1 aromatic carbocycles. The molecule has 8 nitrogen and oxygen atoms in total. The van der Waals surface area contributed by atoms with Gasteiger partial charge in [0.25, 0.3) is 0 Å². The van der Waals surface area contributed by atoms with E-state index >= 15 is 0 Å². The average molecular weight is 361 g/mol. The lowest BCUT2D eigenvalue weighted by Crippen LogP contribution is -2.28. The first-order chi connectivity index (χ1) is 12.2. The van der Waals surface area contributed by atoms with Gasteiger partial charge in [-0.2, -0.15) is 0 Å². The summed E-state index contributed by atoms with van der Waals surface area (Å²) in [4.78, 5) is 12.2. The molecule has 1 fully saturated rings. The molecule has 0 radical (unpaired) electrons. The van der Waals surface area contributed by atoms with Crippen LogP contribution < -0.4 is 14.8 Å². The van der Waals surface area contributed by atoms with Crippen molar-refractivity contribution in [3.8, 4) is 11.5 Å². The lowest BCUT2D eigenvalue weighted by atomic mass is 10.1. The molecule has 0 saturated heterocycles. The normalized spacial score (nSPS) is 17.2. The maximum atomic E-state index is 12.2. The zero-order valence-corrected chi connectivity index (χ0v) is 14.7. The molecule has 1 amide bonds. The summed E-state index contributed by atoms with van der Waals surface area (Å²) in [6, 6.07) is 6.02. The molecule has 0 bridgehead atoms. The van der Waals surface area contributed by atoms with Gasteiger partial charge in [-0.15, -0.1) is 5.10 Å². The molecule has 0 unspecified atom stereocenters. The highest BCUT2D eigenvalue weighted by molar-refractivity contribution is 7.99. The zero-order chi connectivity index (χ0) is 17.2. The Balaban J connectivity index is 1.33. The first kappa shape index (κ1) is 16.2. The zero-order valence-electron chi connectivity index (χ0n) is 13.8. The number of ether oxygens (including phenoxy) is 2. The summed E-state index contributed by atoms with van der Waals surface area (Å²) in [5.41, 5.74) is 0.977. The largest absolute Gasteiger partial charge is 0.486 e. The fourth-order valence-corrected chi connectivity index (χ4v) is 3.41. The highest BCUT2D eigenvalue weighted by Crippen LogP contribution is 2.36. The minimum absolute atomic E-state index is 0.0577. The first-order valence-electron chi connectivity index (χ1n) is 8.30. The van der Waals surface area contributed by atoms with Gasteiger partial charge in [0.2, 0.25) is 11.1 Å². The molecular weight excluding hydrogens is 342 g/mol. The van der Waals surface area contributed by atoms with Gasteiger partial charge in [-0.05, 0) is 47.9 Å². The number of aromatic nitrogens is 4. The lowest BCUT2D eigenvalue weighted by Gasteiger charge is -2.21. The molecule has 1 aromatic heterocycles. The van der Waals surface area contributed by atoms with Crippen LogP contribution in [0.25, 0.3) is 0 Å². The highest BCUT2D eigenvalue weighted by Gasteiger charge is 2.28. The number of tetrazole rings is 1. The Morgan fingerprint density at radius 2 is 2.16 bits per heavy atom. The molecule has 1 saturated carbocycles. The van der Waals surface area contributed by atoms with Crippen molar-refractivity contribution in [3.05, 3.63) is 23.8 Å². The number of carbonyl (C=O) groups is 1. The summed E-state index contributed by atoms with van der Waals surface area (Å²) in [5, 5.41) is 15.4. The summed E-state index contributed by atoms with van der Waals surface area (Å²) in [5.74, 6) is 1.69. The summed E-state index contributed by atoms with van der Waals surface area (Å²) in [6.45, 7) is 3.06. The van der Waals surface area contributed by atoms with E-state index in [1.165, 1.54) is 11.8 Å². The molecule has 2 aliphatic rings. The van der Waals surface area contributed by atoms with Crippen molar-refractivity contribution in [2.24, 2.45) is 0 Å². The van der Waals surface area contributed by atoms with Crippen LogP contribution in [0.3, 0.4) is 0 Å². The first-order valence-corrected chi connectivity index (χ1v) is 9.29. The molecule has 0 spiro atoms. The number of amides is 1. The topological polar surface area (TPSA) is 91.2 Å². The Morgan fingerprint density at radius 3 is 2.96 bits per heavy atom. The lowest BCUT2D eigenvalue weighted by molar-refractivity contribution is -0.119. The fourth-order valence-electron chi connectivity index (χ4n) is 2.65. The molecule has 9 heteroatoms. The van der Waals surface area contributed by atoms with E-state index in [0.29, 0.717) is 24.4 Å². The van der Waals surface area contributed by atoms with Crippen LogP contribution in [0, 0.1) is 0 Å². The van der Waals surface area contributed by atoms with Crippen LogP contribution in [0.1, 0.15) is 37.4 Å². The van der Waals surface area contributed by atoms with E-state index in [1.54, 1.807) is 0 Å². The predicted molar refractivity (Wildman–Crippen MR) is 90.8 cm³/mol.